The van der Waals surface area contributed by atoms with Gasteiger partial charge in [0, 0.05) is 14.2 Å². The summed E-state index contributed by atoms with van der Waals surface area (Å²) >= 11 is 0. The maximum atomic E-state index is 5.35. The molecule has 11 heavy (non-hydrogen) atoms. The second-order valence-corrected chi connectivity index (χ2v) is 2.47. The van der Waals surface area contributed by atoms with Gasteiger partial charge in [-0.2, -0.15) is 0 Å². The monoisotopic (exact) mass is 162 g/mol. The molecular weight excluding hydrogens is 148 g/mol. The highest BCUT2D eigenvalue weighted by Crippen LogP contribution is 2.19. The Labute approximate surface area is 66.4 Å². The molecule has 66 valence electrons. The summed E-state index contributed by atoms with van der Waals surface area (Å²) in [7, 11) is 3.23. The van der Waals surface area contributed by atoms with Crippen molar-refractivity contribution in [2.75, 3.05) is 40.6 Å². The summed E-state index contributed by atoms with van der Waals surface area (Å²) in [5, 5.41) is 0. The zero-order valence-electron chi connectivity index (χ0n) is 6.96. The van der Waals surface area contributed by atoms with Crippen molar-refractivity contribution in [3.05, 3.63) is 0 Å². The van der Waals surface area contributed by atoms with Gasteiger partial charge in [0.15, 0.2) is 0 Å². The third kappa shape index (κ3) is 2.13. The molecule has 0 bridgehead atoms. The second kappa shape index (κ2) is 4.01. The minimum atomic E-state index is -0.649. The van der Waals surface area contributed by atoms with Crippen molar-refractivity contribution < 1.29 is 18.9 Å². The van der Waals surface area contributed by atoms with Crippen molar-refractivity contribution in [2.24, 2.45) is 0 Å². The van der Waals surface area contributed by atoms with Gasteiger partial charge in [0.25, 0.3) is 0 Å². The van der Waals surface area contributed by atoms with Gasteiger partial charge in [-0.25, -0.2) is 0 Å². The SMILES string of the molecule is COCC1(COC)OCCO1. The van der Waals surface area contributed by atoms with E-state index in [1.165, 1.54) is 0 Å². The van der Waals surface area contributed by atoms with Crippen LogP contribution in [-0.2, 0) is 18.9 Å². The summed E-state index contributed by atoms with van der Waals surface area (Å²) < 4.78 is 20.6. The largest absolute Gasteiger partial charge is 0.379 e. The molecule has 1 heterocycles. The number of hydrogen-bond donors (Lipinski definition) is 0. The molecule has 0 unspecified atom stereocenters. The minimum Gasteiger partial charge on any atom is -0.379 e. The van der Waals surface area contributed by atoms with Crippen LogP contribution in [0, 0.1) is 0 Å². The normalized spacial score (nSPS) is 22.4. The van der Waals surface area contributed by atoms with E-state index in [-0.39, 0.29) is 0 Å². The van der Waals surface area contributed by atoms with E-state index in [0.717, 1.165) is 0 Å². The van der Waals surface area contributed by atoms with Crippen molar-refractivity contribution in [3.8, 4) is 0 Å². The number of ether oxygens (including phenoxy) is 4. The summed E-state index contributed by atoms with van der Waals surface area (Å²) in [5.74, 6) is -0.649. The lowest BCUT2D eigenvalue weighted by molar-refractivity contribution is -0.214. The van der Waals surface area contributed by atoms with E-state index in [1.54, 1.807) is 14.2 Å². The fourth-order valence-electron chi connectivity index (χ4n) is 1.15. The van der Waals surface area contributed by atoms with Crippen molar-refractivity contribution >= 4 is 0 Å². The number of rotatable bonds is 4. The van der Waals surface area contributed by atoms with Crippen molar-refractivity contribution in [1.29, 1.82) is 0 Å². The smallest absolute Gasteiger partial charge is 0.216 e. The molecule has 1 aliphatic heterocycles. The molecule has 4 heteroatoms. The molecule has 0 aromatic carbocycles. The lowest BCUT2D eigenvalue weighted by atomic mass is 10.3. The maximum absolute atomic E-state index is 5.35. The summed E-state index contributed by atoms with van der Waals surface area (Å²) in [6.07, 6.45) is 0. The van der Waals surface area contributed by atoms with Crippen LogP contribution in [0.3, 0.4) is 0 Å². The topological polar surface area (TPSA) is 36.9 Å². The van der Waals surface area contributed by atoms with E-state index in [9.17, 15) is 0 Å². The lowest BCUT2D eigenvalue weighted by Crippen LogP contribution is -2.40. The molecule has 0 saturated carbocycles. The second-order valence-electron chi connectivity index (χ2n) is 2.47. The highest BCUT2D eigenvalue weighted by Gasteiger charge is 2.36. The van der Waals surface area contributed by atoms with Crippen LogP contribution in [0.2, 0.25) is 0 Å². The Morgan fingerprint density at radius 2 is 1.55 bits per heavy atom. The first-order valence-corrected chi connectivity index (χ1v) is 3.59. The Kier molecular flexibility index (Phi) is 3.26. The molecular formula is C7H14O4. The lowest BCUT2D eigenvalue weighted by Gasteiger charge is -2.24. The highest BCUT2D eigenvalue weighted by molar-refractivity contribution is 4.72. The summed E-state index contributed by atoms with van der Waals surface area (Å²) in [4.78, 5) is 0. The van der Waals surface area contributed by atoms with Crippen LogP contribution >= 0.6 is 0 Å². The van der Waals surface area contributed by atoms with E-state index >= 15 is 0 Å². The van der Waals surface area contributed by atoms with E-state index in [4.69, 9.17) is 18.9 Å². The van der Waals surface area contributed by atoms with Gasteiger partial charge < -0.3 is 18.9 Å². The molecule has 1 saturated heterocycles. The first-order chi connectivity index (χ1) is 5.33. The zero-order valence-corrected chi connectivity index (χ0v) is 6.96. The Morgan fingerprint density at radius 1 is 1.09 bits per heavy atom. The van der Waals surface area contributed by atoms with Gasteiger partial charge in [0.2, 0.25) is 5.79 Å². The van der Waals surface area contributed by atoms with E-state index in [0.29, 0.717) is 26.4 Å². The maximum Gasteiger partial charge on any atom is 0.216 e. The Bertz CT molecular complexity index is 101. The summed E-state index contributed by atoms with van der Waals surface area (Å²) in [6.45, 7) is 2.07. The van der Waals surface area contributed by atoms with Crippen molar-refractivity contribution in [2.45, 2.75) is 5.79 Å². The van der Waals surface area contributed by atoms with Crippen LogP contribution in [0.4, 0.5) is 0 Å². The fourth-order valence-corrected chi connectivity index (χ4v) is 1.15. The molecule has 0 N–H and O–H groups in total. The highest BCUT2D eigenvalue weighted by atomic mass is 16.8. The van der Waals surface area contributed by atoms with E-state index < -0.39 is 5.79 Å². The Morgan fingerprint density at radius 3 is 1.91 bits per heavy atom. The van der Waals surface area contributed by atoms with Crippen LogP contribution in [0.15, 0.2) is 0 Å². The van der Waals surface area contributed by atoms with E-state index in [2.05, 4.69) is 0 Å². The predicted octanol–water partition coefficient (Wildman–Crippen LogP) is 0.0223. The molecule has 0 aliphatic carbocycles. The molecule has 1 rings (SSSR count). The van der Waals surface area contributed by atoms with Crippen molar-refractivity contribution in [3.63, 3.8) is 0 Å². The van der Waals surface area contributed by atoms with E-state index in [1.807, 2.05) is 0 Å². The molecule has 0 spiro atoms. The van der Waals surface area contributed by atoms with Crippen LogP contribution in [-0.4, -0.2) is 46.4 Å². The summed E-state index contributed by atoms with van der Waals surface area (Å²) in [6, 6.07) is 0. The third-order valence-electron chi connectivity index (χ3n) is 1.54. The molecule has 0 radical (unpaired) electrons. The van der Waals surface area contributed by atoms with Gasteiger partial charge in [-0.3, -0.25) is 0 Å². The molecule has 0 amide bonds. The van der Waals surface area contributed by atoms with Gasteiger partial charge in [0.1, 0.15) is 13.2 Å². The third-order valence-corrected chi connectivity index (χ3v) is 1.54. The molecule has 0 aromatic heterocycles. The van der Waals surface area contributed by atoms with Gasteiger partial charge in [-0.05, 0) is 0 Å². The summed E-state index contributed by atoms with van der Waals surface area (Å²) in [5.41, 5.74) is 0. The van der Waals surface area contributed by atoms with Gasteiger partial charge >= 0.3 is 0 Å². The molecule has 0 atom stereocenters. The van der Waals surface area contributed by atoms with Crippen LogP contribution < -0.4 is 0 Å². The van der Waals surface area contributed by atoms with Crippen LogP contribution in [0.1, 0.15) is 0 Å². The Hall–Kier alpha value is -0.160. The molecule has 0 aromatic rings. The van der Waals surface area contributed by atoms with Gasteiger partial charge in [-0.1, -0.05) is 0 Å². The zero-order chi connectivity index (χ0) is 8.16. The molecule has 1 fully saturated rings. The van der Waals surface area contributed by atoms with Crippen LogP contribution in [0.5, 0.6) is 0 Å². The average Bonchev–Trinajstić information content (AvgIpc) is 2.39. The molecule has 4 nitrogen and oxygen atoms in total. The Balaban J connectivity index is 2.40. The number of hydrogen-bond acceptors (Lipinski definition) is 4. The average molecular weight is 162 g/mol. The minimum absolute atomic E-state index is 0.418. The predicted molar refractivity (Wildman–Crippen MR) is 38.4 cm³/mol. The molecule has 1 aliphatic rings. The fraction of sp³-hybridized carbons (Fsp3) is 1.00. The van der Waals surface area contributed by atoms with Crippen LogP contribution in [0.25, 0.3) is 0 Å². The first-order valence-electron chi connectivity index (χ1n) is 3.59. The number of methoxy groups -OCH3 is 2. The van der Waals surface area contributed by atoms with Crippen molar-refractivity contribution in [1.82, 2.24) is 0 Å². The van der Waals surface area contributed by atoms with Gasteiger partial charge in [-0.15, -0.1) is 0 Å². The van der Waals surface area contributed by atoms with Gasteiger partial charge in [0.05, 0.1) is 13.2 Å². The standard InChI is InChI=1S/C7H14O4/c1-8-5-7(6-9-2)10-3-4-11-7/h3-6H2,1-2H3. The first kappa shape index (κ1) is 8.93. The quantitative estimate of drug-likeness (QED) is 0.584.